The predicted octanol–water partition coefficient (Wildman–Crippen LogP) is 2.84. The molecule has 0 aliphatic carbocycles. The van der Waals surface area contributed by atoms with E-state index in [-0.39, 0.29) is 15.0 Å². The number of hydrogen-bond acceptors (Lipinski definition) is 1. The van der Waals surface area contributed by atoms with Gasteiger partial charge in [0.15, 0.2) is 0 Å². The van der Waals surface area contributed by atoms with E-state index in [1.807, 2.05) is 37.3 Å². The van der Waals surface area contributed by atoms with E-state index in [9.17, 15) is 4.79 Å². The summed E-state index contributed by atoms with van der Waals surface area (Å²) in [4.78, 5) is 11.6. The third-order valence-corrected chi connectivity index (χ3v) is 3.82. The van der Waals surface area contributed by atoms with Crippen molar-refractivity contribution in [1.29, 1.82) is 0 Å². The van der Waals surface area contributed by atoms with Gasteiger partial charge >= 0.3 is 97.6 Å². The Morgan fingerprint density at radius 1 is 1.33 bits per heavy atom. The van der Waals surface area contributed by atoms with Crippen molar-refractivity contribution in [3.8, 4) is 0 Å². The Bertz CT molecular complexity index is 330. The van der Waals surface area contributed by atoms with E-state index in [2.05, 4.69) is 6.58 Å². The maximum atomic E-state index is 11.6. The topological polar surface area (TPSA) is 17.1 Å². The summed E-state index contributed by atoms with van der Waals surface area (Å²) in [5.74, 6) is 0. The summed E-state index contributed by atoms with van der Waals surface area (Å²) in [7, 11) is 0. The fourth-order valence-electron chi connectivity index (χ4n) is 1.15. The van der Waals surface area contributed by atoms with Crippen molar-refractivity contribution in [2.75, 3.05) is 0 Å². The van der Waals surface area contributed by atoms with Crippen molar-refractivity contribution in [2.45, 2.75) is 25.1 Å². The SMILES string of the molecule is C=C(C)CC[Se]C(=O)Cc1ccccc1. The second-order valence-corrected chi connectivity index (χ2v) is 6.01. The molecule has 0 radical (unpaired) electrons. The van der Waals surface area contributed by atoms with E-state index in [4.69, 9.17) is 0 Å². The summed E-state index contributed by atoms with van der Waals surface area (Å²) in [5.41, 5.74) is 2.30. The van der Waals surface area contributed by atoms with Crippen molar-refractivity contribution in [2.24, 2.45) is 0 Å². The monoisotopic (exact) mass is 268 g/mol. The number of carbonyl (C=O) groups is 1. The normalized spacial score (nSPS) is 9.93. The molecular weight excluding hydrogens is 251 g/mol. The number of rotatable bonds is 6. The van der Waals surface area contributed by atoms with E-state index >= 15 is 0 Å². The van der Waals surface area contributed by atoms with Gasteiger partial charge in [-0.25, -0.2) is 0 Å². The van der Waals surface area contributed by atoms with Gasteiger partial charge in [-0.15, -0.1) is 0 Å². The molecule has 0 aromatic heterocycles. The number of hydrogen-bond donors (Lipinski definition) is 0. The van der Waals surface area contributed by atoms with Gasteiger partial charge in [0.05, 0.1) is 0 Å². The Hall–Kier alpha value is -0.851. The standard InChI is InChI=1S/C13H16OSe/c1-11(2)8-9-15-13(14)10-12-6-4-3-5-7-12/h3-7H,1,8-10H2,2H3. The molecule has 1 aromatic carbocycles. The molecule has 0 saturated carbocycles. The van der Waals surface area contributed by atoms with Crippen molar-refractivity contribution >= 4 is 19.6 Å². The molecule has 0 saturated heterocycles. The average Bonchev–Trinajstić information content (AvgIpc) is 2.18. The van der Waals surface area contributed by atoms with Crippen molar-refractivity contribution in [1.82, 2.24) is 0 Å². The van der Waals surface area contributed by atoms with Gasteiger partial charge in [-0.2, -0.15) is 0 Å². The molecule has 2 heteroatoms. The number of carbonyl (C=O) groups excluding carboxylic acids is 1. The molecule has 1 aromatic rings. The fraction of sp³-hybridized carbons (Fsp3) is 0.308. The zero-order valence-corrected chi connectivity index (χ0v) is 10.7. The average molecular weight is 267 g/mol. The second kappa shape index (κ2) is 6.60. The molecule has 0 bridgehead atoms. The minimum atomic E-state index is 0.120. The first kappa shape index (κ1) is 12.2. The van der Waals surface area contributed by atoms with E-state index in [1.165, 1.54) is 5.57 Å². The summed E-state index contributed by atoms with van der Waals surface area (Å²) in [6.07, 6.45) is 1.58. The molecule has 1 nitrogen and oxygen atoms in total. The van der Waals surface area contributed by atoms with Gasteiger partial charge < -0.3 is 0 Å². The molecular formula is C13H16OSe. The van der Waals surface area contributed by atoms with Crippen molar-refractivity contribution < 1.29 is 4.79 Å². The van der Waals surface area contributed by atoms with Crippen LogP contribution in [0.15, 0.2) is 42.5 Å². The fourth-order valence-corrected chi connectivity index (χ4v) is 3.14. The van der Waals surface area contributed by atoms with Gasteiger partial charge in [-0.3, -0.25) is 0 Å². The van der Waals surface area contributed by atoms with Crippen LogP contribution in [0.4, 0.5) is 0 Å². The van der Waals surface area contributed by atoms with Gasteiger partial charge in [0.2, 0.25) is 0 Å². The first-order valence-corrected chi connectivity index (χ1v) is 7.09. The molecule has 0 N–H and O–H groups in total. The Morgan fingerprint density at radius 2 is 2.00 bits per heavy atom. The van der Waals surface area contributed by atoms with Crippen LogP contribution in [0, 0.1) is 0 Å². The maximum absolute atomic E-state index is 11.6. The van der Waals surface area contributed by atoms with Crippen LogP contribution in [0.2, 0.25) is 5.32 Å². The molecule has 0 amide bonds. The Kier molecular flexibility index (Phi) is 5.38. The van der Waals surface area contributed by atoms with Crippen molar-refractivity contribution in [3.05, 3.63) is 48.0 Å². The zero-order chi connectivity index (χ0) is 11.1. The van der Waals surface area contributed by atoms with Crippen molar-refractivity contribution in [3.63, 3.8) is 0 Å². The molecule has 0 fully saturated rings. The summed E-state index contributed by atoms with van der Waals surface area (Å²) in [6, 6.07) is 9.94. The predicted molar refractivity (Wildman–Crippen MR) is 65.1 cm³/mol. The zero-order valence-electron chi connectivity index (χ0n) is 9.03. The van der Waals surface area contributed by atoms with Crippen LogP contribution < -0.4 is 0 Å². The van der Waals surface area contributed by atoms with Crippen LogP contribution in [0.25, 0.3) is 0 Å². The summed E-state index contributed by atoms with van der Waals surface area (Å²) < 4.78 is 0.384. The van der Waals surface area contributed by atoms with Crippen LogP contribution in [0.3, 0.4) is 0 Å². The summed E-state index contributed by atoms with van der Waals surface area (Å²) in [5, 5.41) is 0.994. The Labute approximate surface area is 97.7 Å². The van der Waals surface area contributed by atoms with Crippen LogP contribution in [-0.4, -0.2) is 19.6 Å². The van der Waals surface area contributed by atoms with Gasteiger partial charge in [0.1, 0.15) is 0 Å². The molecule has 1 rings (SSSR count). The van der Waals surface area contributed by atoms with Crippen LogP contribution in [0.5, 0.6) is 0 Å². The molecule has 0 spiro atoms. The van der Waals surface area contributed by atoms with Gasteiger partial charge in [0, 0.05) is 0 Å². The molecule has 0 heterocycles. The summed E-state index contributed by atoms with van der Waals surface area (Å²) >= 11 is 0.120. The van der Waals surface area contributed by atoms with Gasteiger partial charge in [0.25, 0.3) is 0 Å². The third kappa shape index (κ3) is 5.56. The van der Waals surface area contributed by atoms with E-state index in [1.54, 1.807) is 0 Å². The van der Waals surface area contributed by atoms with Crippen LogP contribution in [0.1, 0.15) is 18.9 Å². The first-order valence-electron chi connectivity index (χ1n) is 5.02. The van der Waals surface area contributed by atoms with E-state index < -0.39 is 0 Å². The second-order valence-electron chi connectivity index (χ2n) is 3.59. The van der Waals surface area contributed by atoms with Crippen LogP contribution >= 0.6 is 0 Å². The van der Waals surface area contributed by atoms with E-state index in [0.29, 0.717) is 11.1 Å². The third-order valence-electron chi connectivity index (χ3n) is 1.98. The molecule has 80 valence electrons. The number of allylic oxidation sites excluding steroid dienone is 1. The molecule has 0 unspecified atom stereocenters. The Morgan fingerprint density at radius 3 is 2.60 bits per heavy atom. The molecule has 0 atom stereocenters. The van der Waals surface area contributed by atoms with E-state index in [0.717, 1.165) is 17.3 Å². The molecule has 0 aliphatic heterocycles. The quantitative estimate of drug-likeness (QED) is 0.572. The summed E-state index contributed by atoms with van der Waals surface area (Å²) in [6.45, 7) is 5.85. The number of benzene rings is 1. The van der Waals surface area contributed by atoms with Gasteiger partial charge in [-0.05, 0) is 0 Å². The molecule has 15 heavy (non-hydrogen) atoms. The van der Waals surface area contributed by atoms with Gasteiger partial charge in [-0.1, -0.05) is 0 Å². The first-order chi connectivity index (χ1) is 7.18. The Balaban J connectivity index is 2.28. The van der Waals surface area contributed by atoms with Crippen LogP contribution in [-0.2, 0) is 11.2 Å². The molecule has 0 aliphatic rings. The minimum absolute atomic E-state index is 0.120.